The molecule has 1 aliphatic rings. The summed E-state index contributed by atoms with van der Waals surface area (Å²) in [6, 6.07) is 0.578. The number of likely N-dealkylation sites (N-methyl/N-ethyl adjacent to an activating group) is 2. The van der Waals surface area contributed by atoms with E-state index in [2.05, 4.69) is 11.9 Å². The number of likely N-dealkylation sites (tertiary alicyclic amines) is 1. The van der Waals surface area contributed by atoms with Crippen molar-refractivity contribution in [1.82, 2.24) is 9.80 Å². The summed E-state index contributed by atoms with van der Waals surface area (Å²) in [5, 5.41) is 0. The van der Waals surface area contributed by atoms with Crippen LogP contribution in [-0.4, -0.2) is 46.9 Å². The Labute approximate surface area is 87.2 Å². The van der Waals surface area contributed by atoms with Crippen molar-refractivity contribution < 1.29 is 4.79 Å². The lowest BCUT2D eigenvalue weighted by molar-refractivity contribution is 0.213. The molecule has 0 N–H and O–H groups in total. The average molecular weight is 282 g/mol. The zero-order valence-corrected chi connectivity index (χ0v) is 9.74. The SMILES string of the molecule is CN(CC1CCCN1C)C(=O)I. The Morgan fingerprint density at radius 1 is 1.75 bits per heavy atom. The molecule has 1 amide bonds. The third-order valence-electron chi connectivity index (χ3n) is 2.46. The minimum atomic E-state index is 0.132. The van der Waals surface area contributed by atoms with Crippen LogP contribution in [0.1, 0.15) is 12.8 Å². The van der Waals surface area contributed by atoms with Gasteiger partial charge in [-0.2, -0.15) is 0 Å². The molecule has 12 heavy (non-hydrogen) atoms. The number of nitrogens with zero attached hydrogens (tertiary/aromatic N) is 2. The summed E-state index contributed by atoms with van der Waals surface area (Å²) >= 11 is 1.83. The fraction of sp³-hybridized carbons (Fsp3) is 0.875. The van der Waals surface area contributed by atoms with Gasteiger partial charge in [0.1, 0.15) is 0 Å². The van der Waals surface area contributed by atoms with E-state index in [0.717, 1.165) is 6.54 Å². The Morgan fingerprint density at radius 3 is 2.83 bits per heavy atom. The van der Waals surface area contributed by atoms with Gasteiger partial charge in [0.15, 0.2) is 0 Å². The molecular formula is C8H15IN2O. The van der Waals surface area contributed by atoms with E-state index < -0.39 is 0 Å². The van der Waals surface area contributed by atoms with Crippen LogP contribution in [0.15, 0.2) is 0 Å². The number of halogens is 1. The Kier molecular flexibility index (Phi) is 3.77. The molecule has 1 rings (SSSR count). The van der Waals surface area contributed by atoms with Gasteiger partial charge in [-0.3, -0.25) is 4.79 Å². The molecule has 0 saturated carbocycles. The van der Waals surface area contributed by atoms with Crippen LogP contribution in [0.3, 0.4) is 0 Å². The monoisotopic (exact) mass is 282 g/mol. The third-order valence-corrected chi connectivity index (χ3v) is 3.28. The topological polar surface area (TPSA) is 23.6 Å². The molecule has 0 spiro atoms. The first-order chi connectivity index (χ1) is 5.61. The molecular weight excluding hydrogens is 267 g/mol. The van der Waals surface area contributed by atoms with Crippen LogP contribution in [0, 0.1) is 0 Å². The van der Waals surface area contributed by atoms with Crippen LogP contribution >= 0.6 is 22.6 Å². The van der Waals surface area contributed by atoms with E-state index in [1.54, 1.807) is 4.90 Å². The van der Waals surface area contributed by atoms with Gasteiger partial charge in [0.05, 0.1) is 0 Å². The highest BCUT2D eigenvalue weighted by molar-refractivity contribution is 14.1. The maximum atomic E-state index is 10.9. The molecule has 3 nitrogen and oxygen atoms in total. The summed E-state index contributed by atoms with van der Waals surface area (Å²) in [7, 11) is 3.99. The van der Waals surface area contributed by atoms with Crippen LogP contribution in [0.25, 0.3) is 0 Å². The van der Waals surface area contributed by atoms with E-state index in [1.165, 1.54) is 19.4 Å². The lowest BCUT2D eigenvalue weighted by Gasteiger charge is -2.24. The van der Waals surface area contributed by atoms with Crippen LogP contribution in [0.5, 0.6) is 0 Å². The zero-order valence-electron chi connectivity index (χ0n) is 7.59. The molecule has 0 radical (unpaired) electrons. The quantitative estimate of drug-likeness (QED) is 0.436. The molecule has 4 heteroatoms. The highest BCUT2D eigenvalue weighted by atomic mass is 127. The number of amides is 1. The number of carbonyl (C=O) groups excluding carboxylic acids is 1. The summed E-state index contributed by atoms with van der Waals surface area (Å²) in [5.74, 6) is 0. The first-order valence-electron chi connectivity index (χ1n) is 4.22. The van der Waals surface area contributed by atoms with Crippen LogP contribution < -0.4 is 0 Å². The predicted octanol–water partition coefficient (Wildman–Crippen LogP) is 1.57. The molecule has 1 atom stereocenters. The van der Waals surface area contributed by atoms with Crippen molar-refractivity contribution in [2.24, 2.45) is 0 Å². The minimum Gasteiger partial charge on any atom is -0.336 e. The van der Waals surface area contributed by atoms with E-state index in [4.69, 9.17) is 0 Å². The van der Waals surface area contributed by atoms with Crippen molar-refractivity contribution in [2.75, 3.05) is 27.2 Å². The summed E-state index contributed by atoms with van der Waals surface area (Å²) < 4.78 is 0.132. The van der Waals surface area contributed by atoms with Gasteiger partial charge < -0.3 is 9.80 Å². The average Bonchev–Trinajstić information content (AvgIpc) is 2.36. The predicted molar refractivity (Wildman–Crippen MR) is 57.7 cm³/mol. The normalized spacial score (nSPS) is 24.4. The standard InChI is InChI=1S/C8H15IN2O/c1-10-5-3-4-7(10)6-11(2)8(9)12/h7H,3-6H2,1-2H3. The lowest BCUT2D eigenvalue weighted by Crippen LogP contribution is -2.37. The molecule has 0 bridgehead atoms. The molecule has 0 aromatic heterocycles. The Hall–Kier alpha value is 0.160. The summed E-state index contributed by atoms with van der Waals surface area (Å²) in [6.45, 7) is 2.05. The van der Waals surface area contributed by atoms with E-state index in [1.807, 2.05) is 29.6 Å². The maximum Gasteiger partial charge on any atom is 0.282 e. The molecule has 1 aliphatic heterocycles. The Balaban J connectivity index is 2.35. The molecule has 0 aromatic rings. The molecule has 0 aliphatic carbocycles. The van der Waals surface area contributed by atoms with Crippen molar-refractivity contribution in [3.8, 4) is 0 Å². The largest absolute Gasteiger partial charge is 0.336 e. The Bertz CT molecular complexity index is 174. The maximum absolute atomic E-state index is 10.9. The number of hydrogen-bond acceptors (Lipinski definition) is 2. The molecule has 70 valence electrons. The molecule has 1 heterocycles. The molecule has 1 unspecified atom stereocenters. The first-order valence-corrected chi connectivity index (χ1v) is 5.30. The van der Waals surface area contributed by atoms with Gasteiger partial charge in [-0.25, -0.2) is 0 Å². The van der Waals surface area contributed by atoms with E-state index >= 15 is 0 Å². The highest BCUT2D eigenvalue weighted by Crippen LogP contribution is 2.15. The van der Waals surface area contributed by atoms with Crippen molar-refractivity contribution in [3.63, 3.8) is 0 Å². The van der Waals surface area contributed by atoms with E-state index in [-0.39, 0.29) is 3.91 Å². The molecule has 0 aromatic carbocycles. The van der Waals surface area contributed by atoms with Crippen LogP contribution in [0.2, 0.25) is 0 Å². The highest BCUT2D eigenvalue weighted by Gasteiger charge is 2.22. The van der Waals surface area contributed by atoms with Crippen molar-refractivity contribution in [2.45, 2.75) is 18.9 Å². The number of carbonyl (C=O) groups is 1. The minimum absolute atomic E-state index is 0.132. The van der Waals surface area contributed by atoms with E-state index in [0.29, 0.717) is 6.04 Å². The van der Waals surface area contributed by atoms with E-state index in [9.17, 15) is 4.79 Å². The number of rotatable bonds is 2. The summed E-state index contributed by atoms with van der Waals surface area (Å²) in [5.41, 5.74) is 0. The first kappa shape index (κ1) is 10.2. The Morgan fingerprint density at radius 2 is 2.42 bits per heavy atom. The fourth-order valence-corrected chi connectivity index (χ4v) is 1.79. The molecule has 1 saturated heterocycles. The van der Waals surface area contributed by atoms with Gasteiger partial charge in [0.25, 0.3) is 3.91 Å². The van der Waals surface area contributed by atoms with Gasteiger partial charge in [-0.05, 0) is 26.4 Å². The van der Waals surface area contributed by atoms with Crippen LogP contribution in [0.4, 0.5) is 4.79 Å². The van der Waals surface area contributed by atoms with Gasteiger partial charge in [-0.15, -0.1) is 0 Å². The smallest absolute Gasteiger partial charge is 0.282 e. The fourth-order valence-electron chi connectivity index (χ4n) is 1.60. The second kappa shape index (κ2) is 4.41. The summed E-state index contributed by atoms with van der Waals surface area (Å²) in [6.07, 6.45) is 2.50. The van der Waals surface area contributed by atoms with Gasteiger partial charge >= 0.3 is 0 Å². The van der Waals surface area contributed by atoms with Crippen LogP contribution in [-0.2, 0) is 0 Å². The number of hydrogen-bond donors (Lipinski definition) is 0. The molecule has 1 fully saturated rings. The summed E-state index contributed by atoms with van der Waals surface area (Å²) in [4.78, 5) is 15.0. The van der Waals surface area contributed by atoms with Gasteiger partial charge in [-0.1, -0.05) is 0 Å². The second-order valence-electron chi connectivity index (χ2n) is 3.41. The van der Waals surface area contributed by atoms with Crippen molar-refractivity contribution in [3.05, 3.63) is 0 Å². The van der Waals surface area contributed by atoms with Crippen molar-refractivity contribution in [1.29, 1.82) is 0 Å². The lowest BCUT2D eigenvalue weighted by atomic mass is 10.2. The van der Waals surface area contributed by atoms with Gasteiger partial charge in [0.2, 0.25) is 0 Å². The van der Waals surface area contributed by atoms with Gasteiger partial charge in [0, 0.05) is 42.2 Å². The zero-order chi connectivity index (χ0) is 9.14. The van der Waals surface area contributed by atoms with Crippen molar-refractivity contribution >= 4 is 26.5 Å². The third kappa shape index (κ3) is 2.58. The second-order valence-corrected chi connectivity index (χ2v) is 4.33.